The molecule has 1 atom stereocenters. The van der Waals surface area contributed by atoms with E-state index in [4.69, 9.17) is 16.6 Å². The molecule has 2 aromatic carbocycles. The molecule has 1 heterocycles. The lowest BCUT2D eigenvalue weighted by atomic mass is 10.1. The van der Waals surface area contributed by atoms with Crippen LogP contribution in [0.1, 0.15) is 24.4 Å². The normalized spacial score (nSPS) is 12.7. The van der Waals surface area contributed by atoms with Crippen molar-refractivity contribution >= 4 is 45.2 Å². The second-order valence-electron chi connectivity index (χ2n) is 5.06. The second-order valence-corrected chi connectivity index (χ2v) is 6.68. The number of aromatic nitrogens is 2. The molecule has 108 valence electrons. The van der Waals surface area contributed by atoms with Gasteiger partial charge in [-0.2, -0.15) is 0 Å². The van der Waals surface area contributed by atoms with Gasteiger partial charge in [0.15, 0.2) is 0 Å². The van der Waals surface area contributed by atoms with Crippen molar-refractivity contribution in [2.75, 3.05) is 5.88 Å². The topological polar surface area (TPSA) is 17.8 Å². The van der Waals surface area contributed by atoms with E-state index in [9.17, 15) is 0 Å². The van der Waals surface area contributed by atoms with Gasteiger partial charge >= 0.3 is 0 Å². The minimum absolute atomic E-state index is 0.245. The van der Waals surface area contributed by atoms with Gasteiger partial charge in [-0.05, 0) is 53.3 Å². The number of alkyl halides is 1. The Labute approximate surface area is 143 Å². The molecule has 0 bridgehead atoms. The molecule has 0 fully saturated rings. The van der Waals surface area contributed by atoms with Crippen LogP contribution in [0.3, 0.4) is 0 Å². The molecule has 0 aliphatic heterocycles. The predicted molar refractivity (Wildman–Crippen MR) is 97.1 cm³/mol. The summed E-state index contributed by atoms with van der Waals surface area (Å²) in [5.74, 6) is 1.64. The number of nitrogens with zero attached hydrogens (tertiary/aromatic N) is 2. The van der Waals surface area contributed by atoms with Crippen LogP contribution < -0.4 is 0 Å². The molecule has 2 nitrogen and oxygen atoms in total. The lowest BCUT2D eigenvalue weighted by Gasteiger charge is -2.18. The molecule has 0 radical (unpaired) electrons. The fourth-order valence-corrected chi connectivity index (χ4v) is 3.34. The van der Waals surface area contributed by atoms with Gasteiger partial charge in [-0.15, -0.1) is 11.6 Å². The summed E-state index contributed by atoms with van der Waals surface area (Å²) in [6.07, 6.45) is 0.782. The van der Waals surface area contributed by atoms with Crippen LogP contribution in [0, 0.1) is 3.57 Å². The van der Waals surface area contributed by atoms with Crippen molar-refractivity contribution in [2.24, 2.45) is 0 Å². The van der Waals surface area contributed by atoms with Crippen LogP contribution in [-0.4, -0.2) is 15.4 Å². The van der Waals surface area contributed by atoms with Crippen molar-refractivity contribution in [3.63, 3.8) is 0 Å². The van der Waals surface area contributed by atoms with Crippen molar-refractivity contribution in [1.82, 2.24) is 9.55 Å². The van der Waals surface area contributed by atoms with Gasteiger partial charge in [-0.25, -0.2) is 4.98 Å². The monoisotopic (exact) mass is 410 g/mol. The van der Waals surface area contributed by atoms with Gasteiger partial charge in [-0.1, -0.05) is 30.3 Å². The van der Waals surface area contributed by atoms with Crippen molar-refractivity contribution in [1.29, 1.82) is 0 Å². The van der Waals surface area contributed by atoms with Crippen LogP contribution in [0.5, 0.6) is 0 Å². The van der Waals surface area contributed by atoms with Gasteiger partial charge in [-0.3, -0.25) is 0 Å². The Hall–Kier alpha value is -1.07. The standard InChI is InChI=1S/C17H16ClIN2/c1-12(13-5-3-2-4-6-13)21-16-8-7-14(19)11-15(16)20-17(21)9-10-18/h2-8,11-12H,9-10H2,1H3. The minimum Gasteiger partial charge on any atom is -0.321 e. The Balaban J connectivity index is 2.17. The molecular formula is C17H16ClIN2. The van der Waals surface area contributed by atoms with Gasteiger partial charge in [0.25, 0.3) is 0 Å². The van der Waals surface area contributed by atoms with E-state index in [2.05, 4.69) is 76.5 Å². The maximum atomic E-state index is 5.96. The highest BCUT2D eigenvalue weighted by Gasteiger charge is 2.16. The van der Waals surface area contributed by atoms with Crippen LogP contribution in [0.25, 0.3) is 11.0 Å². The highest BCUT2D eigenvalue weighted by atomic mass is 127. The van der Waals surface area contributed by atoms with E-state index in [0.29, 0.717) is 5.88 Å². The third-order valence-electron chi connectivity index (χ3n) is 3.71. The third kappa shape index (κ3) is 2.94. The molecule has 0 amide bonds. The van der Waals surface area contributed by atoms with E-state index in [0.717, 1.165) is 17.8 Å². The Kier molecular flexibility index (Phi) is 4.50. The number of halogens is 2. The fraction of sp³-hybridized carbons (Fsp3) is 0.235. The number of benzene rings is 2. The number of hydrogen-bond acceptors (Lipinski definition) is 1. The van der Waals surface area contributed by atoms with Crippen LogP contribution in [0.2, 0.25) is 0 Å². The van der Waals surface area contributed by atoms with Gasteiger partial charge in [0, 0.05) is 15.9 Å². The maximum absolute atomic E-state index is 5.96. The molecule has 21 heavy (non-hydrogen) atoms. The van der Waals surface area contributed by atoms with Crippen molar-refractivity contribution < 1.29 is 0 Å². The quantitative estimate of drug-likeness (QED) is 0.436. The van der Waals surface area contributed by atoms with Crippen LogP contribution in [-0.2, 0) is 6.42 Å². The SMILES string of the molecule is CC(c1ccccc1)n1c(CCCl)nc2cc(I)ccc21. The lowest BCUT2D eigenvalue weighted by molar-refractivity contribution is 0.624. The van der Waals surface area contributed by atoms with Crippen LogP contribution in [0.15, 0.2) is 48.5 Å². The third-order valence-corrected chi connectivity index (χ3v) is 4.57. The molecule has 0 spiro atoms. The Morgan fingerprint density at radius 1 is 1.19 bits per heavy atom. The Bertz CT molecular complexity index is 752. The summed E-state index contributed by atoms with van der Waals surface area (Å²) in [6, 6.07) is 17.2. The van der Waals surface area contributed by atoms with E-state index in [1.165, 1.54) is 14.7 Å². The summed E-state index contributed by atoms with van der Waals surface area (Å²) in [5.41, 5.74) is 3.50. The molecular weight excluding hydrogens is 395 g/mol. The molecule has 0 aliphatic carbocycles. The number of rotatable bonds is 4. The molecule has 1 unspecified atom stereocenters. The smallest absolute Gasteiger partial charge is 0.111 e. The average Bonchev–Trinajstić information content (AvgIpc) is 2.85. The van der Waals surface area contributed by atoms with Gasteiger partial charge < -0.3 is 4.57 Å². The Morgan fingerprint density at radius 2 is 1.95 bits per heavy atom. The minimum atomic E-state index is 0.245. The van der Waals surface area contributed by atoms with Crippen LogP contribution in [0.4, 0.5) is 0 Å². The summed E-state index contributed by atoms with van der Waals surface area (Å²) in [5, 5.41) is 0. The van der Waals surface area contributed by atoms with Gasteiger partial charge in [0.05, 0.1) is 17.1 Å². The van der Waals surface area contributed by atoms with E-state index in [-0.39, 0.29) is 6.04 Å². The molecule has 0 aliphatic rings. The molecule has 3 rings (SSSR count). The first-order chi connectivity index (χ1) is 10.2. The number of aryl methyl sites for hydroxylation is 1. The van der Waals surface area contributed by atoms with Crippen molar-refractivity contribution in [3.05, 3.63) is 63.5 Å². The average molecular weight is 411 g/mol. The van der Waals surface area contributed by atoms with E-state index >= 15 is 0 Å². The molecule has 0 saturated heterocycles. The fourth-order valence-electron chi connectivity index (χ4n) is 2.70. The first kappa shape index (κ1) is 14.9. The summed E-state index contributed by atoms with van der Waals surface area (Å²) in [7, 11) is 0. The zero-order chi connectivity index (χ0) is 14.8. The number of hydrogen-bond donors (Lipinski definition) is 0. The molecule has 4 heteroatoms. The molecule has 3 aromatic rings. The predicted octanol–water partition coefficient (Wildman–Crippen LogP) is 5.03. The maximum Gasteiger partial charge on any atom is 0.111 e. The van der Waals surface area contributed by atoms with Crippen molar-refractivity contribution in [3.8, 4) is 0 Å². The molecule has 0 saturated carbocycles. The number of fused-ring (bicyclic) bond motifs is 1. The highest BCUT2D eigenvalue weighted by Crippen LogP contribution is 2.27. The van der Waals surface area contributed by atoms with E-state index in [1.54, 1.807) is 0 Å². The van der Waals surface area contributed by atoms with Crippen molar-refractivity contribution in [2.45, 2.75) is 19.4 Å². The molecule has 0 N–H and O–H groups in total. The largest absolute Gasteiger partial charge is 0.321 e. The second kappa shape index (κ2) is 6.36. The summed E-state index contributed by atoms with van der Waals surface area (Å²) in [6.45, 7) is 2.21. The summed E-state index contributed by atoms with van der Waals surface area (Å²) in [4.78, 5) is 4.78. The highest BCUT2D eigenvalue weighted by molar-refractivity contribution is 14.1. The zero-order valence-electron chi connectivity index (χ0n) is 11.8. The first-order valence-corrected chi connectivity index (χ1v) is 8.59. The lowest BCUT2D eigenvalue weighted by Crippen LogP contribution is -2.11. The van der Waals surface area contributed by atoms with Crippen LogP contribution >= 0.6 is 34.2 Å². The zero-order valence-corrected chi connectivity index (χ0v) is 14.7. The summed E-state index contributed by atoms with van der Waals surface area (Å²) >= 11 is 8.29. The van der Waals surface area contributed by atoms with Gasteiger partial charge in [0.1, 0.15) is 5.82 Å². The number of imidazole rings is 1. The first-order valence-electron chi connectivity index (χ1n) is 6.98. The van der Waals surface area contributed by atoms with E-state index in [1.807, 2.05) is 6.07 Å². The Morgan fingerprint density at radius 3 is 2.67 bits per heavy atom. The molecule has 1 aromatic heterocycles. The van der Waals surface area contributed by atoms with E-state index < -0.39 is 0 Å². The summed E-state index contributed by atoms with van der Waals surface area (Å²) < 4.78 is 3.51. The van der Waals surface area contributed by atoms with Gasteiger partial charge in [0.2, 0.25) is 0 Å².